The summed E-state index contributed by atoms with van der Waals surface area (Å²) in [5, 5.41) is 13.9. The van der Waals surface area contributed by atoms with Gasteiger partial charge in [0, 0.05) is 5.41 Å². The van der Waals surface area contributed by atoms with E-state index in [9.17, 15) is 4.57 Å². The highest BCUT2D eigenvalue weighted by molar-refractivity contribution is 7.48. The number of hydrogen-bond donors (Lipinski definition) is 2. The van der Waals surface area contributed by atoms with E-state index < -0.39 is 14.0 Å². The number of carboxylic acid groups (broad SMARTS) is 2. The van der Waals surface area contributed by atoms with Crippen LogP contribution in [-0.4, -0.2) is 36.2 Å². The first kappa shape index (κ1) is 16.8. The van der Waals surface area contributed by atoms with Gasteiger partial charge in [-0.3, -0.25) is 13.6 Å². The Morgan fingerprint density at radius 2 is 1.25 bits per heavy atom. The van der Waals surface area contributed by atoms with Gasteiger partial charge in [0.25, 0.3) is 0 Å². The van der Waals surface area contributed by atoms with Crippen LogP contribution in [0.1, 0.15) is 44.9 Å². The third-order valence-corrected chi connectivity index (χ3v) is 7.84. The van der Waals surface area contributed by atoms with E-state index in [0.717, 1.165) is 24.2 Å². The van der Waals surface area contributed by atoms with Crippen LogP contribution >= 0.6 is 7.82 Å². The second kappa shape index (κ2) is 5.70. The zero-order valence-electron chi connectivity index (χ0n) is 13.7. The van der Waals surface area contributed by atoms with Crippen molar-refractivity contribution in [2.75, 3.05) is 19.8 Å². The molecule has 0 unspecified atom stereocenters. The third-order valence-electron chi connectivity index (χ3n) is 6.50. The number of phosphoric ester groups is 1. The molecular weight excluding hydrogens is 335 g/mol. The Bertz CT molecular complexity index is 504. The van der Waals surface area contributed by atoms with Crippen LogP contribution in [0.25, 0.3) is 0 Å². The molecule has 3 heterocycles. The highest BCUT2D eigenvalue weighted by Crippen LogP contribution is 2.67. The second-order valence-electron chi connectivity index (χ2n) is 8.64. The topological polar surface area (TPSA) is 102 Å². The molecule has 7 nitrogen and oxygen atoms in total. The molecule has 0 aromatic heterocycles. The van der Waals surface area contributed by atoms with Crippen molar-refractivity contribution in [1.82, 2.24) is 0 Å². The number of carbonyl (C=O) groups is 1. The van der Waals surface area contributed by atoms with Gasteiger partial charge in [-0.25, -0.2) is 9.36 Å². The van der Waals surface area contributed by atoms with Crippen molar-refractivity contribution in [1.29, 1.82) is 0 Å². The van der Waals surface area contributed by atoms with Crippen LogP contribution in [0.5, 0.6) is 0 Å². The molecule has 7 rings (SSSR count). The van der Waals surface area contributed by atoms with Crippen molar-refractivity contribution in [3.05, 3.63) is 0 Å². The number of rotatable bonds is 2. The molecule has 0 atom stereocenters. The average Bonchev–Trinajstić information content (AvgIpc) is 2.46. The van der Waals surface area contributed by atoms with Gasteiger partial charge in [0.15, 0.2) is 0 Å². The summed E-state index contributed by atoms with van der Waals surface area (Å²) < 4.78 is 28.1. The highest BCUT2D eigenvalue weighted by Gasteiger charge is 2.57. The first-order chi connectivity index (χ1) is 11.3. The highest BCUT2D eigenvalue weighted by atomic mass is 31.2. The van der Waals surface area contributed by atoms with E-state index in [0.29, 0.717) is 25.2 Å². The normalized spacial score (nSPS) is 51.1. The van der Waals surface area contributed by atoms with Gasteiger partial charge in [0.2, 0.25) is 0 Å². The molecule has 8 heteroatoms. The lowest BCUT2D eigenvalue weighted by molar-refractivity contribution is -0.144. The predicted molar refractivity (Wildman–Crippen MR) is 83.8 cm³/mol. The summed E-state index contributed by atoms with van der Waals surface area (Å²) in [5.41, 5.74) is 0.474. The second-order valence-corrected chi connectivity index (χ2v) is 10.3. The van der Waals surface area contributed by atoms with Crippen LogP contribution in [-0.2, 0) is 18.1 Å². The molecule has 7 fully saturated rings. The van der Waals surface area contributed by atoms with Crippen LogP contribution in [0.3, 0.4) is 0 Å². The summed E-state index contributed by atoms with van der Waals surface area (Å²) in [5.74, 6) is 2.91. The Balaban J connectivity index is 0.000000332. The van der Waals surface area contributed by atoms with E-state index in [2.05, 4.69) is 0 Å². The first-order valence-electron chi connectivity index (χ1n) is 8.75. The van der Waals surface area contributed by atoms with Crippen molar-refractivity contribution in [3.63, 3.8) is 0 Å². The summed E-state index contributed by atoms with van der Waals surface area (Å²) in [6.07, 6.45) is 7.96. The summed E-state index contributed by atoms with van der Waals surface area (Å²) in [6, 6.07) is 0. The quantitative estimate of drug-likeness (QED) is 0.718. The van der Waals surface area contributed by atoms with Gasteiger partial charge in [-0.15, -0.1) is 0 Å². The van der Waals surface area contributed by atoms with Gasteiger partial charge < -0.3 is 10.2 Å². The number of phosphoric acid groups is 1. The molecule has 0 radical (unpaired) electrons. The van der Waals surface area contributed by atoms with E-state index in [1.807, 2.05) is 0 Å². The van der Waals surface area contributed by atoms with Crippen LogP contribution < -0.4 is 0 Å². The standard InChI is InChI=1S/C15H23O4P.CH2O3/c16-20-17-8-15(9-18-20,10-19-20)7-14-4-11-1-12(5-14)3-13(2-11)6-14;2-1(3)4/h11-13H,1-10H2;(H2,2,3,4). The zero-order valence-corrected chi connectivity index (χ0v) is 14.6. The van der Waals surface area contributed by atoms with E-state index in [-0.39, 0.29) is 5.41 Å². The van der Waals surface area contributed by atoms with Gasteiger partial charge in [-0.2, -0.15) is 0 Å². The van der Waals surface area contributed by atoms with Crippen LogP contribution in [0, 0.1) is 28.6 Å². The molecule has 3 saturated heterocycles. The molecule has 3 aliphatic heterocycles. The van der Waals surface area contributed by atoms with Crippen molar-refractivity contribution >= 4 is 14.0 Å². The van der Waals surface area contributed by atoms with Gasteiger partial charge >= 0.3 is 14.0 Å². The maximum atomic E-state index is 11.9. The van der Waals surface area contributed by atoms with Gasteiger partial charge in [0.05, 0.1) is 19.8 Å². The summed E-state index contributed by atoms with van der Waals surface area (Å²) in [7, 11) is -3.16. The summed E-state index contributed by atoms with van der Waals surface area (Å²) >= 11 is 0. The zero-order chi connectivity index (χ0) is 17.0. The Labute approximate surface area is 141 Å². The molecule has 2 N–H and O–H groups in total. The Hall–Kier alpha value is -0.620. The predicted octanol–water partition coefficient (Wildman–Crippen LogP) is 3.99. The molecule has 6 bridgehead atoms. The first-order valence-corrected chi connectivity index (χ1v) is 10.2. The SMILES string of the molecule is O=C(O)O.O=P12OCC(CC34CC5CC(CC(C5)C3)C4)(CO1)CO2. The van der Waals surface area contributed by atoms with Crippen molar-refractivity contribution in [3.8, 4) is 0 Å². The molecule has 136 valence electrons. The number of hydrogen-bond acceptors (Lipinski definition) is 5. The fourth-order valence-electron chi connectivity index (χ4n) is 6.34. The van der Waals surface area contributed by atoms with Crippen LogP contribution in [0.4, 0.5) is 4.79 Å². The largest absolute Gasteiger partial charge is 0.503 e. The Morgan fingerprint density at radius 1 is 0.875 bits per heavy atom. The monoisotopic (exact) mass is 360 g/mol. The molecule has 0 aromatic rings. The van der Waals surface area contributed by atoms with Crippen molar-refractivity contribution < 1.29 is 33.1 Å². The van der Waals surface area contributed by atoms with Crippen molar-refractivity contribution in [2.24, 2.45) is 28.6 Å². The van der Waals surface area contributed by atoms with Gasteiger partial charge in [-0.05, 0) is 68.1 Å². The van der Waals surface area contributed by atoms with Crippen molar-refractivity contribution in [2.45, 2.75) is 44.9 Å². The van der Waals surface area contributed by atoms with E-state index in [4.69, 9.17) is 28.6 Å². The third kappa shape index (κ3) is 3.12. The van der Waals surface area contributed by atoms with Gasteiger partial charge in [-0.1, -0.05) is 0 Å². The minimum Gasteiger partial charge on any atom is -0.450 e. The molecule has 24 heavy (non-hydrogen) atoms. The van der Waals surface area contributed by atoms with E-state index in [1.54, 1.807) is 0 Å². The van der Waals surface area contributed by atoms with Crippen LogP contribution in [0.2, 0.25) is 0 Å². The molecule has 7 aliphatic rings. The smallest absolute Gasteiger partial charge is 0.450 e. The van der Waals surface area contributed by atoms with E-state index in [1.165, 1.54) is 38.5 Å². The lowest BCUT2D eigenvalue weighted by Crippen LogP contribution is -2.53. The fourth-order valence-corrected chi connectivity index (χ4v) is 7.86. The summed E-state index contributed by atoms with van der Waals surface area (Å²) in [4.78, 5) is 8.56. The minimum atomic E-state index is -3.16. The molecule has 4 aliphatic carbocycles. The minimum absolute atomic E-state index is 0.0299. The molecule has 0 amide bonds. The number of fused-ring (bicyclic) bond motifs is 3. The molecular formula is C16H25O7P. The molecule has 4 saturated carbocycles. The molecule has 0 spiro atoms. The maximum Gasteiger partial charge on any atom is 0.503 e. The van der Waals surface area contributed by atoms with Crippen LogP contribution in [0.15, 0.2) is 0 Å². The summed E-state index contributed by atoms with van der Waals surface area (Å²) in [6.45, 7) is 1.73. The fraction of sp³-hybridized carbons (Fsp3) is 0.938. The van der Waals surface area contributed by atoms with E-state index >= 15 is 0 Å². The Kier molecular flexibility index (Phi) is 3.99. The maximum absolute atomic E-state index is 11.9. The van der Waals surface area contributed by atoms with Gasteiger partial charge in [0.1, 0.15) is 0 Å². The Morgan fingerprint density at radius 3 is 1.62 bits per heavy atom. The lowest BCUT2D eigenvalue weighted by Gasteiger charge is -2.60. The lowest BCUT2D eigenvalue weighted by atomic mass is 9.47. The molecule has 0 aromatic carbocycles. The average molecular weight is 360 g/mol.